The van der Waals surface area contributed by atoms with Crippen molar-refractivity contribution in [2.75, 3.05) is 0 Å². The second kappa shape index (κ2) is 6.71. The molecule has 0 N–H and O–H groups in total. The van der Waals surface area contributed by atoms with Gasteiger partial charge in [0, 0.05) is 5.56 Å². The van der Waals surface area contributed by atoms with Crippen molar-refractivity contribution >= 4 is 5.71 Å². The molecule has 0 aliphatic rings. The molecule has 0 radical (unpaired) electrons. The lowest BCUT2D eigenvalue weighted by molar-refractivity contribution is -0.00295. The molecule has 2 heteroatoms. The zero-order valence-electron chi connectivity index (χ0n) is 16.3. The number of rotatable bonds is 2. The topological polar surface area (TPSA) is 36.4 Å². The highest BCUT2D eigenvalue weighted by Crippen LogP contribution is 2.29. The normalized spacial score (nSPS) is 11.0. The van der Waals surface area contributed by atoms with E-state index in [1.807, 2.05) is 26.0 Å². The molecule has 0 spiro atoms. The predicted octanol–water partition coefficient (Wildman–Crippen LogP) is 5.27. The van der Waals surface area contributed by atoms with E-state index in [-0.39, 0.29) is 5.41 Å². The van der Waals surface area contributed by atoms with Gasteiger partial charge in [0.15, 0.2) is 0 Å². The molecule has 0 aromatic heterocycles. The van der Waals surface area contributed by atoms with Crippen LogP contribution in [-0.4, -0.2) is 10.5 Å². The van der Waals surface area contributed by atoms with E-state index in [2.05, 4.69) is 57.5 Å². The molecule has 0 amide bonds. The van der Waals surface area contributed by atoms with E-state index in [9.17, 15) is 5.53 Å². The van der Waals surface area contributed by atoms with Crippen LogP contribution in [0.5, 0.6) is 0 Å². The van der Waals surface area contributed by atoms with Gasteiger partial charge in [0.25, 0.3) is 0 Å². The van der Waals surface area contributed by atoms with E-state index in [4.69, 9.17) is 6.42 Å². The molecule has 0 unspecified atom stereocenters. The van der Waals surface area contributed by atoms with Crippen molar-refractivity contribution in [1.29, 1.82) is 0 Å². The van der Waals surface area contributed by atoms with Gasteiger partial charge in [-0.2, -0.15) is 4.79 Å². The molecule has 25 heavy (non-hydrogen) atoms. The minimum absolute atomic E-state index is 0.0743. The Balaban J connectivity index is 2.74. The van der Waals surface area contributed by atoms with Crippen molar-refractivity contribution in [3.63, 3.8) is 0 Å². The summed E-state index contributed by atoms with van der Waals surface area (Å²) in [6.07, 6.45) is 5.53. The fourth-order valence-electron chi connectivity index (χ4n) is 3.42. The van der Waals surface area contributed by atoms with Crippen molar-refractivity contribution in [2.24, 2.45) is 0 Å². The first-order valence-corrected chi connectivity index (χ1v) is 8.52. The third kappa shape index (κ3) is 3.58. The van der Waals surface area contributed by atoms with Crippen LogP contribution in [0, 0.1) is 40.0 Å². The summed E-state index contributed by atoms with van der Waals surface area (Å²) in [5, 5.41) is 0. The Morgan fingerprint density at radius 1 is 0.880 bits per heavy atom. The highest BCUT2D eigenvalue weighted by molar-refractivity contribution is 6.12. The lowest BCUT2D eigenvalue weighted by atomic mass is 9.81. The van der Waals surface area contributed by atoms with Crippen LogP contribution >= 0.6 is 0 Å². The minimum atomic E-state index is 0.0743. The zero-order chi connectivity index (χ0) is 18.9. The number of benzene rings is 2. The number of nitrogens with zero attached hydrogens (tertiary/aromatic N) is 2. The summed E-state index contributed by atoms with van der Waals surface area (Å²) in [5.74, 6) is 2.68. The second-order valence-corrected chi connectivity index (χ2v) is 7.81. The van der Waals surface area contributed by atoms with Gasteiger partial charge in [-0.05, 0) is 73.1 Å². The maximum Gasteiger partial charge on any atom is 0.330 e. The molecule has 2 rings (SSSR count). The first-order valence-electron chi connectivity index (χ1n) is 8.52. The highest BCUT2D eigenvalue weighted by Gasteiger charge is 2.26. The number of aryl methyl sites for hydroxylation is 4. The smallest absolute Gasteiger partial charge is 0.330 e. The molecule has 2 aromatic carbocycles. The van der Waals surface area contributed by atoms with Gasteiger partial charge in [-0.25, -0.2) is 0 Å². The molecular formula is C23H26N2. The largest absolute Gasteiger partial charge is 0.361 e. The van der Waals surface area contributed by atoms with Crippen molar-refractivity contribution < 1.29 is 4.79 Å². The van der Waals surface area contributed by atoms with Gasteiger partial charge in [-0.1, -0.05) is 38.8 Å². The molecule has 0 saturated carbocycles. The van der Waals surface area contributed by atoms with Crippen molar-refractivity contribution in [3.05, 3.63) is 74.3 Å². The molecule has 2 aromatic rings. The minimum Gasteiger partial charge on any atom is -0.361 e. The van der Waals surface area contributed by atoms with Gasteiger partial charge in [-0.15, -0.1) is 6.42 Å². The van der Waals surface area contributed by atoms with E-state index in [1.165, 1.54) is 5.56 Å². The molecule has 0 aliphatic carbocycles. The summed E-state index contributed by atoms with van der Waals surface area (Å²) >= 11 is 0. The van der Waals surface area contributed by atoms with Gasteiger partial charge < -0.3 is 5.53 Å². The van der Waals surface area contributed by atoms with E-state index < -0.39 is 0 Å². The molecule has 2 nitrogen and oxygen atoms in total. The first-order chi connectivity index (χ1) is 11.6. The van der Waals surface area contributed by atoms with Crippen LogP contribution in [0.3, 0.4) is 0 Å². The standard InChI is InChI=1S/C23H26N2/c1-9-18-10-14(2)20(15(3)11-18)22(25-24)21-16(4)12-19(13-17(21)5)23(6,7)8/h1,10-13H,2-8H3. The van der Waals surface area contributed by atoms with Crippen LogP contribution in [0.25, 0.3) is 5.53 Å². The summed E-state index contributed by atoms with van der Waals surface area (Å²) in [5.41, 5.74) is 18.8. The van der Waals surface area contributed by atoms with Crippen molar-refractivity contribution in [2.45, 2.75) is 53.9 Å². The fraction of sp³-hybridized carbons (Fsp3) is 0.348. The lowest BCUT2D eigenvalue weighted by Crippen LogP contribution is -2.16. The Morgan fingerprint density at radius 3 is 1.60 bits per heavy atom. The molecule has 0 fully saturated rings. The summed E-state index contributed by atoms with van der Waals surface area (Å²) < 4.78 is 0. The maximum atomic E-state index is 9.83. The van der Waals surface area contributed by atoms with Crippen LogP contribution in [0.15, 0.2) is 24.3 Å². The Kier molecular flexibility index (Phi) is 5.02. The van der Waals surface area contributed by atoms with E-state index in [0.717, 1.165) is 38.9 Å². The van der Waals surface area contributed by atoms with Crippen LogP contribution in [0.2, 0.25) is 0 Å². The third-order valence-electron chi connectivity index (χ3n) is 4.67. The average molecular weight is 330 g/mol. The summed E-state index contributed by atoms with van der Waals surface area (Å²) in [6.45, 7) is 14.8. The molecule has 0 bridgehead atoms. The Morgan fingerprint density at radius 2 is 1.28 bits per heavy atom. The fourth-order valence-corrected chi connectivity index (χ4v) is 3.42. The van der Waals surface area contributed by atoms with E-state index in [0.29, 0.717) is 5.71 Å². The summed E-state index contributed by atoms with van der Waals surface area (Å²) in [4.78, 5) is 3.68. The molecule has 0 aliphatic heterocycles. The van der Waals surface area contributed by atoms with Gasteiger partial charge in [-0.3, -0.25) is 0 Å². The third-order valence-corrected chi connectivity index (χ3v) is 4.67. The van der Waals surface area contributed by atoms with Crippen LogP contribution < -0.4 is 0 Å². The van der Waals surface area contributed by atoms with Crippen LogP contribution in [-0.2, 0) is 5.41 Å². The van der Waals surface area contributed by atoms with Crippen molar-refractivity contribution in [1.82, 2.24) is 0 Å². The zero-order valence-corrected chi connectivity index (χ0v) is 16.3. The first kappa shape index (κ1) is 18.7. The Labute approximate surface area is 151 Å². The maximum absolute atomic E-state index is 9.83. The highest BCUT2D eigenvalue weighted by atomic mass is 14.9. The van der Waals surface area contributed by atoms with E-state index in [1.54, 1.807) is 0 Å². The number of terminal acetylenes is 1. The molecule has 0 atom stereocenters. The lowest BCUT2D eigenvalue weighted by Gasteiger charge is -2.21. The van der Waals surface area contributed by atoms with Gasteiger partial charge in [0.2, 0.25) is 0 Å². The van der Waals surface area contributed by atoms with Crippen LogP contribution in [0.4, 0.5) is 0 Å². The number of hydrogen-bond donors (Lipinski definition) is 0. The predicted molar refractivity (Wildman–Crippen MR) is 105 cm³/mol. The van der Waals surface area contributed by atoms with Gasteiger partial charge in [0.05, 0.1) is 11.1 Å². The van der Waals surface area contributed by atoms with E-state index >= 15 is 0 Å². The summed E-state index contributed by atoms with van der Waals surface area (Å²) in [7, 11) is 0. The molecule has 128 valence electrons. The van der Waals surface area contributed by atoms with Crippen molar-refractivity contribution in [3.8, 4) is 12.3 Å². The SMILES string of the molecule is C#Cc1cc(C)c(C(=[N+]=[N-])c2c(C)cc(C(C)(C)C)cc2C)c(C)c1. The Bertz CT molecular complexity index is 882. The summed E-state index contributed by atoms with van der Waals surface area (Å²) in [6, 6.07) is 8.30. The molecule has 0 heterocycles. The Hall–Kier alpha value is -2.62. The molecular weight excluding hydrogens is 304 g/mol. The monoisotopic (exact) mass is 330 g/mol. The van der Waals surface area contributed by atoms with Crippen LogP contribution in [0.1, 0.15) is 65.3 Å². The quantitative estimate of drug-likeness (QED) is 0.311. The second-order valence-electron chi connectivity index (χ2n) is 7.81. The van der Waals surface area contributed by atoms with Gasteiger partial charge in [0.1, 0.15) is 0 Å². The number of hydrogen-bond acceptors (Lipinski definition) is 0. The van der Waals surface area contributed by atoms with Gasteiger partial charge >= 0.3 is 5.71 Å². The average Bonchev–Trinajstić information content (AvgIpc) is 2.50. The molecule has 0 saturated heterocycles.